The normalized spacial score (nSPS) is 48.2. The zero-order chi connectivity index (χ0) is 18.1. The number of rotatable bonds is 1. The van der Waals surface area contributed by atoms with Crippen molar-refractivity contribution in [3.8, 4) is 0 Å². The number of nitrogens with zero attached hydrogens (tertiary/aromatic N) is 2. The van der Waals surface area contributed by atoms with Gasteiger partial charge in [0.1, 0.15) is 5.82 Å². The first-order valence-electron chi connectivity index (χ1n) is 8.64. The van der Waals surface area contributed by atoms with Gasteiger partial charge in [0.15, 0.2) is 0 Å². The first-order valence-corrected chi connectivity index (χ1v) is 3.64. The van der Waals surface area contributed by atoms with Crippen LogP contribution in [0.4, 0.5) is 11.5 Å². The molecule has 0 atom stereocenters. The first-order chi connectivity index (χ1) is 10.1. The molecule has 2 rings (SSSR count). The van der Waals surface area contributed by atoms with Crippen LogP contribution in [0.15, 0.2) is 18.3 Å². The fraction of sp³-hybridized carbons (Fsp3) is 0.500. The van der Waals surface area contributed by atoms with E-state index in [0.29, 0.717) is 0 Å². The highest BCUT2D eigenvalue weighted by molar-refractivity contribution is 5.50. The molecule has 1 aromatic heterocycles. The third kappa shape index (κ3) is 1.91. The average Bonchev–Trinajstić information content (AvgIpc) is 2.36. The van der Waals surface area contributed by atoms with E-state index in [0.717, 1.165) is 12.3 Å². The summed E-state index contributed by atoms with van der Waals surface area (Å²) in [6.45, 7) is -6.46. The van der Waals surface area contributed by atoms with Gasteiger partial charge in [0, 0.05) is 44.7 Å². The van der Waals surface area contributed by atoms with Crippen LogP contribution < -0.4 is 10.6 Å². The van der Waals surface area contributed by atoms with Crippen LogP contribution in [0.1, 0.15) is 32.8 Å². The Balaban J connectivity index is 2.80. The Morgan fingerprint density at radius 1 is 1.38 bits per heavy atom. The SMILES string of the molecule is [2H]C1([2H])N(c2cc(N)ccn2)C([2H])([2H])C([2H])([2H])C([2H])([2H])C1([2H])[2H]. The van der Waals surface area contributed by atoms with Crippen molar-refractivity contribution >= 4 is 11.5 Å². The molecule has 0 aliphatic carbocycles. The van der Waals surface area contributed by atoms with Gasteiger partial charge in [-0.15, -0.1) is 0 Å². The van der Waals surface area contributed by atoms with Crippen LogP contribution in [0.3, 0.4) is 0 Å². The summed E-state index contributed by atoms with van der Waals surface area (Å²) in [5.41, 5.74) is 5.65. The van der Waals surface area contributed by atoms with Crippen LogP contribution in [-0.4, -0.2) is 18.0 Å². The molecule has 3 heteroatoms. The van der Waals surface area contributed by atoms with Crippen LogP contribution >= 0.6 is 0 Å². The summed E-state index contributed by atoms with van der Waals surface area (Å²) in [5, 5.41) is 0. The predicted molar refractivity (Wildman–Crippen MR) is 54.7 cm³/mol. The van der Waals surface area contributed by atoms with Gasteiger partial charge in [0.25, 0.3) is 0 Å². The summed E-state index contributed by atoms with van der Waals surface area (Å²) in [5.74, 6) is -0.428. The topological polar surface area (TPSA) is 42.1 Å². The summed E-state index contributed by atoms with van der Waals surface area (Å²) < 4.78 is 78.5. The monoisotopic (exact) mass is 187 g/mol. The van der Waals surface area contributed by atoms with Crippen molar-refractivity contribution in [2.75, 3.05) is 23.6 Å². The second kappa shape index (κ2) is 3.64. The number of pyridine rings is 1. The maximum absolute atomic E-state index is 7.97. The molecule has 1 aromatic rings. The molecule has 1 aliphatic heterocycles. The van der Waals surface area contributed by atoms with E-state index in [9.17, 15) is 0 Å². The molecule has 3 nitrogen and oxygen atoms in total. The highest BCUT2D eigenvalue weighted by Crippen LogP contribution is 2.18. The molecule has 0 saturated carbocycles. The first kappa shape index (κ1) is 2.62. The molecule has 0 aromatic carbocycles. The van der Waals surface area contributed by atoms with Crippen LogP contribution in [0.25, 0.3) is 0 Å². The smallest absolute Gasteiger partial charge is 0.130 e. The van der Waals surface area contributed by atoms with Gasteiger partial charge in [0.05, 0.1) is 0 Å². The van der Waals surface area contributed by atoms with Gasteiger partial charge >= 0.3 is 0 Å². The summed E-state index contributed by atoms with van der Waals surface area (Å²) >= 11 is 0. The quantitative estimate of drug-likeness (QED) is 0.727. The van der Waals surface area contributed by atoms with Gasteiger partial charge < -0.3 is 10.6 Å². The molecule has 13 heavy (non-hydrogen) atoms. The van der Waals surface area contributed by atoms with Crippen molar-refractivity contribution in [2.45, 2.75) is 19.1 Å². The Bertz CT molecular complexity index is 599. The van der Waals surface area contributed by atoms with Crippen molar-refractivity contribution in [1.82, 2.24) is 4.98 Å². The number of anilines is 2. The third-order valence-electron chi connectivity index (χ3n) is 1.46. The van der Waals surface area contributed by atoms with E-state index in [1.54, 1.807) is 0 Å². The number of hydrogen-bond acceptors (Lipinski definition) is 3. The zero-order valence-corrected chi connectivity index (χ0v) is 6.70. The Morgan fingerprint density at radius 2 is 2.15 bits per heavy atom. The van der Waals surface area contributed by atoms with Crippen LogP contribution in [-0.2, 0) is 0 Å². The lowest BCUT2D eigenvalue weighted by Gasteiger charge is -2.27. The number of aromatic nitrogens is 1. The molecule has 0 bridgehead atoms. The zero-order valence-electron chi connectivity index (χ0n) is 16.7. The van der Waals surface area contributed by atoms with Gasteiger partial charge in [-0.3, -0.25) is 0 Å². The minimum absolute atomic E-state index is 0.0938. The molecule has 2 heterocycles. The predicted octanol–water partition coefficient (Wildman–Crippen LogP) is 1.65. The van der Waals surface area contributed by atoms with Crippen molar-refractivity contribution in [3.63, 3.8) is 0 Å². The van der Waals surface area contributed by atoms with E-state index < -0.39 is 37.9 Å². The lowest BCUT2D eigenvalue weighted by atomic mass is 10.1. The molecule has 1 aliphatic rings. The average molecular weight is 187 g/mol. The van der Waals surface area contributed by atoms with Gasteiger partial charge in [-0.25, -0.2) is 4.98 Å². The highest BCUT2D eigenvalue weighted by atomic mass is 15.2. The molecule has 1 fully saturated rings. The van der Waals surface area contributed by atoms with Gasteiger partial charge in [-0.2, -0.15) is 0 Å². The largest absolute Gasteiger partial charge is 0.399 e. The minimum atomic E-state index is -3.44. The Morgan fingerprint density at radius 3 is 2.85 bits per heavy atom. The van der Waals surface area contributed by atoms with Crippen molar-refractivity contribution in [2.24, 2.45) is 0 Å². The molecule has 0 unspecified atom stereocenters. The number of nitrogens with two attached hydrogens (primary N) is 1. The Hall–Kier alpha value is -1.25. The molecule has 2 N–H and O–H groups in total. The molecular weight excluding hydrogens is 162 g/mol. The van der Waals surface area contributed by atoms with E-state index in [1.165, 1.54) is 6.07 Å². The van der Waals surface area contributed by atoms with E-state index in [4.69, 9.17) is 19.4 Å². The fourth-order valence-electron chi connectivity index (χ4n) is 0.898. The van der Waals surface area contributed by atoms with Crippen molar-refractivity contribution < 1.29 is 13.7 Å². The number of nitrogen functional groups attached to an aromatic ring is 1. The van der Waals surface area contributed by atoms with Crippen molar-refractivity contribution in [1.29, 1.82) is 0 Å². The van der Waals surface area contributed by atoms with Crippen LogP contribution in [0.5, 0.6) is 0 Å². The van der Waals surface area contributed by atoms with Crippen molar-refractivity contribution in [3.05, 3.63) is 18.3 Å². The summed E-state index contributed by atoms with van der Waals surface area (Å²) in [6.07, 6.45) is -9.04. The van der Waals surface area contributed by atoms with Crippen LogP contribution in [0, 0.1) is 0 Å². The maximum atomic E-state index is 7.97. The Labute approximate surface area is 92.6 Å². The second-order valence-corrected chi connectivity index (χ2v) is 2.38. The molecule has 70 valence electrons. The fourth-order valence-corrected chi connectivity index (χ4v) is 0.898. The van der Waals surface area contributed by atoms with Gasteiger partial charge in [0.2, 0.25) is 0 Å². The maximum Gasteiger partial charge on any atom is 0.130 e. The lowest BCUT2D eigenvalue weighted by molar-refractivity contribution is 0.573. The molecule has 0 spiro atoms. The Kier molecular flexibility index (Phi) is 0.735. The summed E-state index contributed by atoms with van der Waals surface area (Å²) in [4.78, 5) is 3.92. The summed E-state index contributed by atoms with van der Waals surface area (Å²) in [6, 6.07) is 2.42. The van der Waals surface area contributed by atoms with E-state index >= 15 is 0 Å². The van der Waals surface area contributed by atoms with E-state index in [2.05, 4.69) is 4.98 Å². The number of hydrogen-bond donors (Lipinski definition) is 1. The number of piperidine rings is 1. The standard InChI is InChI=1S/C10H15N3/c11-9-4-5-12-10(8-9)13-6-2-1-3-7-13/h4-5,8H,1-3,6-7H2,(H2,11,12)/i1D2,2D2,3D2,6D2,7D2. The van der Waals surface area contributed by atoms with E-state index in [-0.39, 0.29) is 10.6 Å². The second-order valence-electron chi connectivity index (χ2n) is 2.38. The third-order valence-corrected chi connectivity index (χ3v) is 1.46. The molecule has 1 saturated heterocycles. The van der Waals surface area contributed by atoms with Gasteiger partial charge in [-0.05, 0) is 25.2 Å². The molecule has 0 amide bonds. The molecule has 0 radical (unpaired) electrons. The van der Waals surface area contributed by atoms with E-state index in [1.807, 2.05) is 0 Å². The van der Waals surface area contributed by atoms with Crippen LogP contribution in [0.2, 0.25) is 0 Å². The highest BCUT2D eigenvalue weighted by Gasteiger charge is 2.11. The summed E-state index contributed by atoms with van der Waals surface area (Å²) in [7, 11) is 0. The minimum Gasteiger partial charge on any atom is -0.399 e. The molecular formula is C10H15N3. The lowest BCUT2D eigenvalue weighted by Crippen LogP contribution is -2.30. The van der Waals surface area contributed by atoms with Gasteiger partial charge in [-0.1, -0.05) is 0 Å².